The third kappa shape index (κ3) is 6.22. The SMILES string of the molecule is C=CCOc1ccccc1C=NNC(=O)c1ccc(OCc2ccc(Cl)cc2)cc1. The van der Waals surface area contributed by atoms with Gasteiger partial charge in [-0.3, -0.25) is 4.79 Å². The minimum absolute atomic E-state index is 0.319. The minimum atomic E-state index is -0.319. The molecule has 0 saturated carbocycles. The first-order chi connectivity index (χ1) is 14.7. The molecule has 0 fully saturated rings. The molecule has 0 heterocycles. The number of amides is 1. The van der Waals surface area contributed by atoms with E-state index < -0.39 is 0 Å². The highest BCUT2D eigenvalue weighted by molar-refractivity contribution is 6.30. The molecule has 1 N–H and O–H groups in total. The van der Waals surface area contributed by atoms with Crippen LogP contribution in [0.4, 0.5) is 0 Å². The fourth-order valence-electron chi connectivity index (χ4n) is 2.54. The topological polar surface area (TPSA) is 59.9 Å². The van der Waals surface area contributed by atoms with E-state index in [4.69, 9.17) is 21.1 Å². The highest BCUT2D eigenvalue weighted by atomic mass is 35.5. The lowest BCUT2D eigenvalue weighted by atomic mass is 10.2. The van der Waals surface area contributed by atoms with Crippen LogP contribution in [0.2, 0.25) is 5.02 Å². The number of carbonyl (C=O) groups is 1. The van der Waals surface area contributed by atoms with E-state index in [1.54, 1.807) is 36.6 Å². The maximum absolute atomic E-state index is 12.3. The lowest BCUT2D eigenvalue weighted by Gasteiger charge is -2.07. The van der Waals surface area contributed by atoms with Crippen LogP contribution >= 0.6 is 11.6 Å². The van der Waals surface area contributed by atoms with Gasteiger partial charge in [-0.05, 0) is 54.1 Å². The molecule has 152 valence electrons. The van der Waals surface area contributed by atoms with Crippen LogP contribution in [0, 0.1) is 0 Å². The predicted molar refractivity (Wildman–Crippen MR) is 119 cm³/mol. The van der Waals surface area contributed by atoms with Gasteiger partial charge in [0.25, 0.3) is 5.91 Å². The second kappa shape index (κ2) is 10.8. The number of nitrogens with zero attached hydrogens (tertiary/aromatic N) is 1. The molecule has 0 atom stereocenters. The number of carbonyl (C=O) groups excluding carboxylic acids is 1. The van der Waals surface area contributed by atoms with Crippen LogP contribution in [0.3, 0.4) is 0 Å². The summed E-state index contributed by atoms with van der Waals surface area (Å²) in [5, 5.41) is 4.70. The Balaban J connectivity index is 1.54. The molecule has 6 heteroatoms. The fraction of sp³-hybridized carbons (Fsp3) is 0.0833. The number of hydrogen-bond donors (Lipinski definition) is 1. The van der Waals surface area contributed by atoms with E-state index in [0.29, 0.717) is 35.3 Å². The lowest BCUT2D eigenvalue weighted by Crippen LogP contribution is -2.17. The van der Waals surface area contributed by atoms with Crippen LogP contribution in [-0.4, -0.2) is 18.7 Å². The lowest BCUT2D eigenvalue weighted by molar-refractivity contribution is 0.0955. The number of nitrogens with one attached hydrogen (secondary N) is 1. The average Bonchev–Trinajstić information content (AvgIpc) is 2.78. The van der Waals surface area contributed by atoms with Gasteiger partial charge >= 0.3 is 0 Å². The summed E-state index contributed by atoms with van der Waals surface area (Å²) in [7, 11) is 0. The van der Waals surface area contributed by atoms with Crippen molar-refractivity contribution in [3.8, 4) is 11.5 Å². The van der Waals surface area contributed by atoms with Crippen molar-refractivity contribution in [2.24, 2.45) is 5.10 Å². The number of benzene rings is 3. The van der Waals surface area contributed by atoms with Crippen molar-refractivity contribution in [3.05, 3.63) is 107 Å². The number of hydrogen-bond acceptors (Lipinski definition) is 4. The van der Waals surface area contributed by atoms with Crippen molar-refractivity contribution in [1.29, 1.82) is 0 Å². The van der Waals surface area contributed by atoms with Crippen LogP contribution in [0.15, 0.2) is 90.6 Å². The Morgan fingerprint density at radius 1 is 1.00 bits per heavy atom. The van der Waals surface area contributed by atoms with E-state index in [2.05, 4.69) is 17.1 Å². The third-order valence-corrected chi connectivity index (χ3v) is 4.33. The highest BCUT2D eigenvalue weighted by Gasteiger charge is 2.05. The number of hydrazone groups is 1. The Kier molecular flexibility index (Phi) is 7.64. The van der Waals surface area contributed by atoms with Gasteiger partial charge in [0.05, 0.1) is 6.21 Å². The van der Waals surface area contributed by atoms with Gasteiger partial charge in [0.15, 0.2) is 0 Å². The number of rotatable bonds is 9. The molecule has 1 amide bonds. The molecule has 0 aromatic heterocycles. The fourth-order valence-corrected chi connectivity index (χ4v) is 2.67. The molecule has 0 aliphatic heterocycles. The molecule has 3 rings (SSSR count). The smallest absolute Gasteiger partial charge is 0.271 e. The summed E-state index contributed by atoms with van der Waals surface area (Å²) in [6.07, 6.45) is 3.21. The summed E-state index contributed by atoms with van der Waals surface area (Å²) in [4.78, 5) is 12.3. The number of ether oxygens (including phenoxy) is 2. The van der Waals surface area contributed by atoms with Crippen LogP contribution in [-0.2, 0) is 6.61 Å². The zero-order chi connectivity index (χ0) is 21.2. The van der Waals surface area contributed by atoms with Gasteiger partial charge in [-0.2, -0.15) is 5.10 Å². The highest BCUT2D eigenvalue weighted by Crippen LogP contribution is 2.17. The molecule has 3 aromatic carbocycles. The summed E-state index contributed by atoms with van der Waals surface area (Å²) in [6, 6.07) is 21.7. The van der Waals surface area contributed by atoms with Gasteiger partial charge in [-0.25, -0.2) is 5.43 Å². The molecular weight excluding hydrogens is 400 g/mol. The second-order valence-electron chi connectivity index (χ2n) is 6.28. The van der Waals surface area contributed by atoms with E-state index in [9.17, 15) is 4.79 Å². The second-order valence-corrected chi connectivity index (χ2v) is 6.71. The van der Waals surface area contributed by atoms with Crippen molar-refractivity contribution >= 4 is 23.7 Å². The first kappa shape index (κ1) is 21.1. The Bertz CT molecular complexity index is 1020. The minimum Gasteiger partial charge on any atom is -0.489 e. The van der Waals surface area contributed by atoms with Gasteiger partial charge in [0, 0.05) is 16.1 Å². The van der Waals surface area contributed by atoms with Gasteiger partial charge in [-0.15, -0.1) is 0 Å². The Labute approximate surface area is 180 Å². The van der Waals surface area contributed by atoms with Crippen LogP contribution in [0.5, 0.6) is 11.5 Å². The van der Waals surface area contributed by atoms with Crippen molar-refractivity contribution in [2.45, 2.75) is 6.61 Å². The summed E-state index contributed by atoms with van der Waals surface area (Å²) >= 11 is 5.88. The summed E-state index contributed by atoms with van der Waals surface area (Å²) in [5.74, 6) is 1.01. The monoisotopic (exact) mass is 420 g/mol. The zero-order valence-electron chi connectivity index (χ0n) is 16.3. The summed E-state index contributed by atoms with van der Waals surface area (Å²) in [6.45, 7) is 4.44. The van der Waals surface area contributed by atoms with E-state index in [-0.39, 0.29) is 5.91 Å². The standard InChI is InChI=1S/C24H21ClN2O3/c1-2-15-29-23-6-4-3-5-20(23)16-26-27-24(28)19-9-13-22(14-10-19)30-17-18-7-11-21(25)12-8-18/h2-14,16H,1,15,17H2,(H,27,28). The molecule has 5 nitrogen and oxygen atoms in total. The zero-order valence-corrected chi connectivity index (χ0v) is 17.0. The quantitative estimate of drug-likeness (QED) is 0.292. The van der Waals surface area contributed by atoms with E-state index in [0.717, 1.165) is 11.1 Å². The van der Waals surface area contributed by atoms with Gasteiger partial charge in [0.2, 0.25) is 0 Å². The Hall–Kier alpha value is -3.57. The maximum atomic E-state index is 12.3. The molecule has 30 heavy (non-hydrogen) atoms. The Morgan fingerprint density at radius 2 is 1.73 bits per heavy atom. The molecular formula is C24H21ClN2O3. The van der Waals surface area contributed by atoms with Gasteiger partial charge in [0.1, 0.15) is 24.7 Å². The first-order valence-electron chi connectivity index (χ1n) is 9.29. The van der Waals surface area contributed by atoms with Crippen molar-refractivity contribution in [2.75, 3.05) is 6.61 Å². The molecule has 0 aliphatic rings. The molecule has 3 aromatic rings. The summed E-state index contributed by atoms with van der Waals surface area (Å²) in [5.41, 5.74) is 4.75. The maximum Gasteiger partial charge on any atom is 0.271 e. The number of para-hydroxylation sites is 1. The predicted octanol–water partition coefficient (Wildman–Crippen LogP) is 5.25. The molecule has 0 unspecified atom stereocenters. The van der Waals surface area contributed by atoms with Crippen molar-refractivity contribution in [3.63, 3.8) is 0 Å². The van der Waals surface area contributed by atoms with Crippen LogP contribution in [0.25, 0.3) is 0 Å². The number of halogens is 1. The van der Waals surface area contributed by atoms with Crippen molar-refractivity contribution in [1.82, 2.24) is 5.43 Å². The molecule has 0 saturated heterocycles. The van der Waals surface area contributed by atoms with E-state index >= 15 is 0 Å². The summed E-state index contributed by atoms with van der Waals surface area (Å²) < 4.78 is 11.3. The molecule has 0 bridgehead atoms. The van der Waals surface area contributed by atoms with Crippen LogP contribution < -0.4 is 14.9 Å². The van der Waals surface area contributed by atoms with Crippen molar-refractivity contribution < 1.29 is 14.3 Å². The van der Waals surface area contributed by atoms with Gasteiger partial charge in [-0.1, -0.05) is 48.5 Å². The molecule has 0 spiro atoms. The van der Waals surface area contributed by atoms with E-state index in [1.165, 1.54) is 0 Å². The normalized spacial score (nSPS) is 10.6. The first-order valence-corrected chi connectivity index (χ1v) is 9.67. The Morgan fingerprint density at radius 3 is 2.47 bits per heavy atom. The molecule has 0 aliphatic carbocycles. The van der Waals surface area contributed by atoms with Crippen LogP contribution in [0.1, 0.15) is 21.5 Å². The molecule has 0 radical (unpaired) electrons. The average molecular weight is 421 g/mol. The largest absolute Gasteiger partial charge is 0.489 e. The third-order valence-electron chi connectivity index (χ3n) is 4.08. The van der Waals surface area contributed by atoms with Gasteiger partial charge < -0.3 is 9.47 Å². The van der Waals surface area contributed by atoms with E-state index in [1.807, 2.05) is 48.5 Å².